The third-order valence-electron chi connectivity index (χ3n) is 2.84. The lowest BCUT2D eigenvalue weighted by molar-refractivity contribution is -0.119. The number of Topliss-reactive ketones (excluding diaryl/α,β-unsaturated/α-hetero) is 1. The highest BCUT2D eigenvalue weighted by molar-refractivity contribution is 5.97. The van der Waals surface area contributed by atoms with Crippen molar-refractivity contribution in [2.75, 3.05) is 14.1 Å². The van der Waals surface area contributed by atoms with Gasteiger partial charge in [0.15, 0.2) is 5.78 Å². The predicted octanol–water partition coefficient (Wildman–Crippen LogP) is 2.60. The third kappa shape index (κ3) is 2.86. The predicted molar refractivity (Wildman–Crippen MR) is 59.0 cm³/mol. The Bertz CT molecular complexity index is 224. The maximum Gasteiger partial charge on any atom is 0.163 e. The zero-order valence-corrected chi connectivity index (χ0v) is 9.55. The molecule has 0 aromatic carbocycles. The van der Waals surface area contributed by atoms with E-state index in [0.717, 1.165) is 24.8 Å². The van der Waals surface area contributed by atoms with E-state index in [-0.39, 0.29) is 0 Å². The van der Waals surface area contributed by atoms with E-state index in [9.17, 15) is 4.79 Å². The number of allylic oxidation sites excluding steroid dienone is 1. The highest BCUT2D eigenvalue weighted by Gasteiger charge is 2.24. The summed E-state index contributed by atoms with van der Waals surface area (Å²) < 4.78 is 0. The molecule has 80 valence electrons. The molecule has 2 nitrogen and oxygen atoms in total. The summed E-state index contributed by atoms with van der Waals surface area (Å²) in [5, 5.41) is 0. The fraction of sp³-hybridized carbons (Fsp3) is 0.750. The quantitative estimate of drug-likeness (QED) is 0.643. The van der Waals surface area contributed by atoms with Gasteiger partial charge in [0.1, 0.15) is 0 Å². The van der Waals surface area contributed by atoms with Crippen molar-refractivity contribution in [1.82, 2.24) is 4.90 Å². The third-order valence-corrected chi connectivity index (χ3v) is 2.84. The molecule has 0 bridgehead atoms. The molecule has 0 aromatic heterocycles. The maximum atomic E-state index is 12.0. The molecule has 1 saturated carbocycles. The summed E-state index contributed by atoms with van der Waals surface area (Å²) in [5.41, 5.74) is 0.988. The number of hydrogen-bond acceptors (Lipinski definition) is 2. The van der Waals surface area contributed by atoms with Crippen LogP contribution in [0.4, 0.5) is 0 Å². The van der Waals surface area contributed by atoms with E-state index in [4.69, 9.17) is 0 Å². The van der Waals surface area contributed by atoms with Crippen LogP contribution in [0.5, 0.6) is 0 Å². The van der Waals surface area contributed by atoms with Gasteiger partial charge in [-0.3, -0.25) is 4.79 Å². The smallest absolute Gasteiger partial charge is 0.163 e. The van der Waals surface area contributed by atoms with Gasteiger partial charge in [-0.25, -0.2) is 0 Å². The summed E-state index contributed by atoms with van der Waals surface area (Å²) in [6.07, 6.45) is 7.49. The Balaban J connectivity index is 2.64. The molecular weight excluding hydrogens is 174 g/mol. The van der Waals surface area contributed by atoms with E-state index in [2.05, 4.69) is 6.92 Å². The lowest BCUT2D eigenvalue weighted by atomic mass is 9.95. The van der Waals surface area contributed by atoms with Crippen molar-refractivity contribution >= 4 is 5.78 Å². The van der Waals surface area contributed by atoms with Gasteiger partial charge in [0.2, 0.25) is 0 Å². The van der Waals surface area contributed by atoms with Crippen LogP contribution >= 0.6 is 0 Å². The van der Waals surface area contributed by atoms with Crippen molar-refractivity contribution in [3.8, 4) is 0 Å². The molecule has 0 heterocycles. The van der Waals surface area contributed by atoms with Crippen LogP contribution in [0.3, 0.4) is 0 Å². The molecule has 0 spiro atoms. The van der Waals surface area contributed by atoms with Crippen LogP contribution in [0.1, 0.15) is 39.0 Å². The normalized spacial score (nSPS) is 18.6. The second-order valence-electron chi connectivity index (χ2n) is 4.32. The number of hydrogen-bond donors (Lipinski definition) is 0. The Morgan fingerprint density at radius 2 is 1.93 bits per heavy atom. The minimum atomic E-state index is 0.321. The Labute approximate surface area is 87.0 Å². The highest BCUT2D eigenvalue weighted by Crippen LogP contribution is 2.28. The lowest BCUT2D eigenvalue weighted by Gasteiger charge is -2.13. The van der Waals surface area contributed by atoms with Crippen LogP contribution in [-0.4, -0.2) is 24.8 Å². The second-order valence-corrected chi connectivity index (χ2v) is 4.32. The Hall–Kier alpha value is -0.790. The number of nitrogens with zero attached hydrogens (tertiary/aromatic N) is 1. The van der Waals surface area contributed by atoms with Gasteiger partial charge in [-0.05, 0) is 19.3 Å². The molecule has 0 atom stereocenters. The standard InChI is InChI=1S/C12H21NO/c1-4-10(9-13(2)3)12(14)11-7-5-6-8-11/h9,11H,4-8H2,1-3H3/b10-9+. The highest BCUT2D eigenvalue weighted by atomic mass is 16.1. The summed E-state index contributed by atoms with van der Waals surface area (Å²) in [4.78, 5) is 14.0. The van der Waals surface area contributed by atoms with Gasteiger partial charge >= 0.3 is 0 Å². The van der Waals surface area contributed by atoms with E-state index in [1.54, 1.807) is 0 Å². The van der Waals surface area contributed by atoms with Gasteiger partial charge in [-0.2, -0.15) is 0 Å². The molecule has 1 fully saturated rings. The first-order valence-corrected chi connectivity index (χ1v) is 5.56. The fourth-order valence-corrected chi connectivity index (χ4v) is 2.09. The van der Waals surface area contributed by atoms with E-state index in [0.29, 0.717) is 11.7 Å². The molecule has 14 heavy (non-hydrogen) atoms. The SMILES string of the molecule is CC/C(=C\N(C)C)C(=O)C1CCCC1. The van der Waals surface area contributed by atoms with Crippen molar-refractivity contribution in [2.45, 2.75) is 39.0 Å². The van der Waals surface area contributed by atoms with Crippen molar-refractivity contribution < 1.29 is 4.79 Å². The Morgan fingerprint density at radius 1 is 1.36 bits per heavy atom. The van der Waals surface area contributed by atoms with Crippen LogP contribution in [0, 0.1) is 5.92 Å². The van der Waals surface area contributed by atoms with Crippen molar-refractivity contribution in [3.05, 3.63) is 11.8 Å². The topological polar surface area (TPSA) is 20.3 Å². The Morgan fingerprint density at radius 3 is 2.36 bits per heavy atom. The molecule has 0 radical (unpaired) electrons. The van der Waals surface area contributed by atoms with Crippen LogP contribution in [0.2, 0.25) is 0 Å². The van der Waals surface area contributed by atoms with E-state index in [1.807, 2.05) is 25.2 Å². The van der Waals surface area contributed by atoms with Crippen LogP contribution < -0.4 is 0 Å². The van der Waals surface area contributed by atoms with Crippen LogP contribution in [-0.2, 0) is 4.79 Å². The van der Waals surface area contributed by atoms with Gasteiger partial charge < -0.3 is 4.90 Å². The van der Waals surface area contributed by atoms with Gasteiger partial charge in [0.05, 0.1) is 0 Å². The second kappa shape index (κ2) is 5.18. The number of carbonyl (C=O) groups excluding carboxylic acids is 1. The van der Waals surface area contributed by atoms with E-state index in [1.165, 1.54) is 12.8 Å². The molecule has 0 aliphatic heterocycles. The maximum absolute atomic E-state index is 12.0. The van der Waals surface area contributed by atoms with Crippen molar-refractivity contribution in [2.24, 2.45) is 5.92 Å². The molecule has 1 aliphatic rings. The zero-order chi connectivity index (χ0) is 10.6. The average Bonchev–Trinajstić information content (AvgIpc) is 2.65. The largest absolute Gasteiger partial charge is 0.383 e. The monoisotopic (exact) mass is 195 g/mol. The summed E-state index contributed by atoms with van der Waals surface area (Å²) >= 11 is 0. The van der Waals surface area contributed by atoms with Gasteiger partial charge in [0.25, 0.3) is 0 Å². The van der Waals surface area contributed by atoms with Crippen molar-refractivity contribution in [1.29, 1.82) is 0 Å². The molecular formula is C12H21NO. The Kier molecular flexibility index (Phi) is 4.18. The summed E-state index contributed by atoms with van der Waals surface area (Å²) in [6, 6.07) is 0. The lowest BCUT2D eigenvalue weighted by Crippen LogP contribution is -2.15. The van der Waals surface area contributed by atoms with E-state index < -0.39 is 0 Å². The van der Waals surface area contributed by atoms with E-state index >= 15 is 0 Å². The summed E-state index contributed by atoms with van der Waals surface area (Å²) in [5.74, 6) is 0.708. The first kappa shape index (κ1) is 11.3. The molecule has 0 saturated heterocycles. The number of carbonyl (C=O) groups is 1. The average molecular weight is 195 g/mol. The zero-order valence-electron chi connectivity index (χ0n) is 9.55. The molecule has 0 unspecified atom stereocenters. The van der Waals surface area contributed by atoms with Gasteiger partial charge in [-0.1, -0.05) is 19.8 Å². The van der Waals surface area contributed by atoms with Crippen LogP contribution in [0.15, 0.2) is 11.8 Å². The molecule has 1 rings (SSSR count). The molecule has 2 heteroatoms. The van der Waals surface area contributed by atoms with Crippen molar-refractivity contribution in [3.63, 3.8) is 0 Å². The molecule has 0 amide bonds. The first-order valence-electron chi connectivity index (χ1n) is 5.56. The number of ketones is 1. The van der Waals surface area contributed by atoms with Gasteiger partial charge in [-0.15, -0.1) is 0 Å². The number of rotatable bonds is 4. The minimum absolute atomic E-state index is 0.321. The minimum Gasteiger partial charge on any atom is -0.383 e. The van der Waals surface area contributed by atoms with Gasteiger partial charge in [0, 0.05) is 31.8 Å². The first-order chi connectivity index (χ1) is 6.65. The molecule has 0 aromatic rings. The molecule has 0 N–H and O–H groups in total. The summed E-state index contributed by atoms with van der Waals surface area (Å²) in [6.45, 7) is 2.06. The molecule has 1 aliphatic carbocycles. The van der Waals surface area contributed by atoms with Crippen LogP contribution in [0.25, 0.3) is 0 Å². The summed E-state index contributed by atoms with van der Waals surface area (Å²) in [7, 11) is 3.94. The fourth-order valence-electron chi connectivity index (χ4n) is 2.09.